The Kier molecular flexibility index (Phi) is 10.4. The summed E-state index contributed by atoms with van der Waals surface area (Å²) in [5, 5.41) is 0. The lowest BCUT2D eigenvalue weighted by atomic mass is 9.87. The molecule has 0 amide bonds. The van der Waals surface area contributed by atoms with Crippen LogP contribution in [0.5, 0.6) is 6.01 Å². The van der Waals surface area contributed by atoms with Crippen LogP contribution in [0.1, 0.15) is 90.0 Å². The van der Waals surface area contributed by atoms with Gasteiger partial charge in [-0.3, -0.25) is 4.79 Å². The van der Waals surface area contributed by atoms with Gasteiger partial charge in [0.15, 0.2) is 0 Å². The summed E-state index contributed by atoms with van der Waals surface area (Å²) >= 11 is 0. The summed E-state index contributed by atoms with van der Waals surface area (Å²) in [6.07, 6.45) is 16.8. The first-order valence-corrected chi connectivity index (χ1v) is 10.9. The highest BCUT2D eigenvalue weighted by molar-refractivity contribution is 5.74. The summed E-state index contributed by atoms with van der Waals surface area (Å²) in [4.78, 5) is 20.8. The minimum atomic E-state index is -0.199. The zero-order chi connectivity index (χ0) is 19.3. The number of nitrogens with zero attached hydrogens (tertiary/aromatic N) is 2. The Hall–Kier alpha value is -1.49. The fourth-order valence-electron chi connectivity index (χ4n) is 3.52. The average Bonchev–Trinajstić information content (AvgIpc) is 2.70. The van der Waals surface area contributed by atoms with Crippen LogP contribution in [-0.2, 0) is 16.0 Å². The van der Waals surface area contributed by atoms with Gasteiger partial charge in [0.2, 0.25) is 0 Å². The lowest BCUT2D eigenvalue weighted by molar-refractivity contribution is -0.141. The van der Waals surface area contributed by atoms with E-state index in [0.29, 0.717) is 6.10 Å². The van der Waals surface area contributed by atoms with Crippen LogP contribution in [0.2, 0.25) is 0 Å². The topological polar surface area (TPSA) is 61.3 Å². The summed E-state index contributed by atoms with van der Waals surface area (Å²) in [6.45, 7) is 5.24. The maximum atomic E-state index is 12.4. The number of carbonyl (C=O) groups is 1. The number of aryl methyl sites for hydroxylation is 1. The van der Waals surface area contributed by atoms with Gasteiger partial charge in [-0.15, -0.1) is 0 Å². The predicted octanol–water partition coefficient (Wildman–Crippen LogP) is 5.27. The monoisotopic (exact) mass is 376 g/mol. The third-order valence-corrected chi connectivity index (χ3v) is 5.30. The van der Waals surface area contributed by atoms with Crippen molar-refractivity contribution in [3.63, 3.8) is 0 Å². The summed E-state index contributed by atoms with van der Waals surface area (Å²) in [7, 11) is 0. The second kappa shape index (κ2) is 12.8. The van der Waals surface area contributed by atoms with E-state index in [1.807, 2.05) is 0 Å². The average molecular weight is 377 g/mol. The molecule has 0 bridgehead atoms. The van der Waals surface area contributed by atoms with E-state index in [9.17, 15) is 4.79 Å². The Balaban J connectivity index is 1.66. The lowest BCUT2D eigenvalue weighted by Crippen LogP contribution is -2.29. The van der Waals surface area contributed by atoms with Gasteiger partial charge in [-0.25, -0.2) is 9.97 Å². The second-order valence-electron chi connectivity index (χ2n) is 7.66. The highest BCUT2D eigenvalue weighted by Gasteiger charge is 2.28. The van der Waals surface area contributed by atoms with E-state index in [-0.39, 0.29) is 17.9 Å². The lowest BCUT2D eigenvalue weighted by Gasteiger charge is -2.27. The fraction of sp³-hybridized carbons (Fsp3) is 0.773. The van der Waals surface area contributed by atoms with Crippen molar-refractivity contribution in [2.45, 2.75) is 97.0 Å². The van der Waals surface area contributed by atoms with Gasteiger partial charge in [-0.2, -0.15) is 0 Å². The van der Waals surface area contributed by atoms with Crippen LogP contribution in [0.4, 0.5) is 0 Å². The number of unbranched alkanes of at least 4 members (excludes halogenated alkanes) is 5. The largest absolute Gasteiger partial charge is 0.391 e. The highest BCUT2D eigenvalue weighted by Crippen LogP contribution is 2.27. The number of aromatic nitrogens is 2. The summed E-state index contributed by atoms with van der Waals surface area (Å²) < 4.78 is 11.3. The molecule has 0 atom stereocenters. The number of ether oxygens (including phenoxy) is 2. The van der Waals surface area contributed by atoms with E-state index in [0.717, 1.165) is 57.1 Å². The van der Waals surface area contributed by atoms with Crippen LogP contribution in [0.3, 0.4) is 0 Å². The van der Waals surface area contributed by atoms with Crippen molar-refractivity contribution >= 4 is 5.97 Å². The molecule has 0 radical (unpaired) electrons. The van der Waals surface area contributed by atoms with Crippen LogP contribution in [0.25, 0.3) is 0 Å². The first kappa shape index (κ1) is 21.8. The van der Waals surface area contributed by atoms with Gasteiger partial charge in [0.1, 0.15) is 0 Å². The molecule has 1 aliphatic rings. The van der Waals surface area contributed by atoms with E-state index < -0.39 is 0 Å². The number of esters is 1. The van der Waals surface area contributed by atoms with Crippen molar-refractivity contribution in [3.8, 4) is 6.01 Å². The first-order valence-electron chi connectivity index (χ1n) is 10.9. The molecule has 5 heteroatoms. The van der Waals surface area contributed by atoms with Crippen LogP contribution >= 0.6 is 0 Å². The molecule has 27 heavy (non-hydrogen) atoms. The molecule has 1 heterocycles. The predicted molar refractivity (Wildman–Crippen MR) is 107 cm³/mol. The van der Waals surface area contributed by atoms with Gasteiger partial charge in [-0.1, -0.05) is 46.0 Å². The minimum Gasteiger partial charge on any atom is -0.391 e. The Morgan fingerprint density at radius 1 is 0.963 bits per heavy atom. The zero-order valence-corrected chi connectivity index (χ0v) is 17.1. The van der Waals surface area contributed by atoms with Crippen molar-refractivity contribution in [2.24, 2.45) is 5.92 Å². The van der Waals surface area contributed by atoms with Crippen molar-refractivity contribution in [1.29, 1.82) is 0 Å². The van der Waals surface area contributed by atoms with Crippen molar-refractivity contribution in [3.05, 3.63) is 18.0 Å². The Morgan fingerprint density at radius 2 is 1.63 bits per heavy atom. The van der Waals surface area contributed by atoms with Crippen LogP contribution in [0.15, 0.2) is 12.4 Å². The van der Waals surface area contributed by atoms with E-state index >= 15 is 0 Å². The zero-order valence-electron chi connectivity index (χ0n) is 17.1. The Bertz CT molecular complexity index is 525. The molecule has 1 aromatic rings. The van der Waals surface area contributed by atoms with Gasteiger partial charge >= 0.3 is 12.0 Å². The van der Waals surface area contributed by atoms with Crippen molar-refractivity contribution < 1.29 is 14.3 Å². The maximum absolute atomic E-state index is 12.4. The molecule has 1 saturated carbocycles. The van der Waals surface area contributed by atoms with Gasteiger partial charge in [0.05, 0.1) is 12.0 Å². The molecule has 1 fully saturated rings. The number of hydrogen-bond donors (Lipinski definition) is 0. The molecule has 0 aliphatic heterocycles. The fourth-order valence-corrected chi connectivity index (χ4v) is 3.52. The third-order valence-electron chi connectivity index (χ3n) is 5.30. The summed E-state index contributed by atoms with van der Waals surface area (Å²) in [6, 6.07) is 0.176. The molecular formula is C22H36N2O3. The van der Waals surface area contributed by atoms with Crippen LogP contribution < -0.4 is 4.74 Å². The molecule has 0 unspecified atom stereocenters. The molecule has 0 aromatic carbocycles. The Morgan fingerprint density at radius 3 is 2.30 bits per heavy atom. The normalized spacial score (nSPS) is 19.8. The maximum Gasteiger partial charge on any atom is 0.324 e. The molecule has 1 aliphatic carbocycles. The molecular weight excluding hydrogens is 340 g/mol. The minimum absolute atomic E-state index is 0.0576. The summed E-state index contributed by atoms with van der Waals surface area (Å²) in [5.41, 5.74) is 1.10. The van der Waals surface area contributed by atoms with Gasteiger partial charge < -0.3 is 9.47 Å². The molecule has 0 N–H and O–H groups in total. The molecule has 2 rings (SSSR count). The summed E-state index contributed by atoms with van der Waals surface area (Å²) in [5.74, 6) is -0.257. The highest BCUT2D eigenvalue weighted by atomic mass is 16.5. The quantitative estimate of drug-likeness (QED) is 0.367. The van der Waals surface area contributed by atoms with E-state index in [1.165, 1.54) is 32.1 Å². The molecule has 152 valence electrons. The van der Waals surface area contributed by atoms with Crippen molar-refractivity contribution in [2.75, 3.05) is 6.61 Å². The van der Waals surface area contributed by atoms with E-state index in [1.54, 1.807) is 12.4 Å². The van der Waals surface area contributed by atoms with Gasteiger partial charge in [0, 0.05) is 19.0 Å². The molecule has 0 saturated heterocycles. The smallest absolute Gasteiger partial charge is 0.324 e. The SMILES string of the molecule is CCCCCCc1cnc(OC(=O)C2CCC(OCCCCC)CC2)nc1. The number of rotatable bonds is 12. The van der Waals surface area contributed by atoms with Gasteiger partial charge in [-0.05, 0) is 50.5 Å². The first-order chi connectivity index (χ1) is 13.2. The van der Waals surface area contributed by atoms with Crippen LogP contribution in [0, 0.1) is 5.92 Å². The molecule has 0 spiro atoms. The molecule has 5 nitrogen and oxygen atoms in total. The Labute approximate surface area is 164 Å². The number of carbonyl (C=O) groups excluding carboxylic acids is 1. The van der Waals surface area contributed by atoms with Crippen LogP contribution in [-0.4, -0.2) is 28.6 Å². The van der Waals surface area contributed by atoms with E-state index in [4.69, 9.17) is 9.47 Å². The van der Waals surface area contributed by atoms with Gasteiger partial charge in [0.25, 0.3) is 0 Å². The number of hydrogen-bond acceptors (Lipinski definition) is 5. The second-order valence-corrected chi connectivity index (χ2v) is 7.66. The standard InChI is InChI=1S/C22H36N2O3/c1-3-5-7-8-10-18-16-23-22(24-17-18)27-21(25)19-11-13-20(14-12-19)26-15-9-6-4-2/h16-17,19-20H,3-15H2,1-2H3. The molecule has 1 aromatic heterocycles. The van der Waals surface area contributed by atoms with E-state index in [2.05, 4.69) is 23.8 Å². The van der Waals surface area contributed by atoms with Crippen molar-refractivity contribution in [1.82, 2.24) is 9.97 Å². The third kappa shape index (κ3) is 8.37.